The number of hydrogen-bond donors (Lipinski definition) is 0. The van der Waals surface area contributed by atoms with Gasteiger partial charge >= 0.3 is 0 Å². The lowest BCUT2D eigenvalue weighted by atomic mass is 10.0. The number of hydrogen-bond acceptors (Lipinski definition) is 6. The molecule has 0 unspecified atom stereocenters. The molecule has 0 N–H and O–H groups in total. The number of fused-ring (bicyclic) bond motifs is 3. The molecule has 0 aliphatic carbocycles. The summed E-state index contributed by atoms with van der Waals surface area (Å²) in [5, 5.41) is 11.2. The van der Waals surface area contributed by atoms with Gasteiger partial charge in [0, 0.05) is 39.2 Å². The molecule has 0 bridgehead atoms. The average Bonchev–Trinajstić information content (AvgIpc) is 3.50. The van der Waals surface area contributed by atoms with Crippen LogP contribution in [-0.4, -0.2) is 19.9 Å². The Labute approximate surface area is 259 Å². The fourth-order valence-electron chi connectivity index (χ4n) is 5.60. The lowest BCUT2D eigenvalue weighted by molar-refractivity contribution is 0.667. The minimum Gasteiger partial charge on any atom is -0.454 e. The molecule has 0 atom stereocenters. The number of benzene rings is 5. The van der Waals surface area contributed by atoms with Crippen molar-refractivity contribution < 1.29 is 4.42 Å². The van der Waals surface area contributed by atoms with Gasteiger partial charge in [0.25, 0.3) is 0 Å². The highest BCUT2D eigenvalue weighted by Gasteiger charge is 2.17. The maximum atomic E-state index is 9.13. The molecule has 3 heterocycles. The minimum atomic E-state index is 0.554. The van der Waals surface area contributed by atoms with Crippen LogP contribution in [-0.2, 0) is 0 Å². The summed E-state index contributed by atoms with van der Waals surface area (Å²) in [6, 6.07) is 44.1. The van der Waals surface area contributed by atoms with Crippen molar-refractivity contribution in [3.05, 3.63) is 145 Å². The molecule has 0 amide bonds. The molecule has 8 aromatic rings. The average molecular weight is 578 g/mol. The van der Waals surface area contributed by atoms with E-state index in [9.17, 15) is 0 Å². The van der Waals surface area contributed by atoms with Gasteiger partial charge in [0.1, 0.15) is 5.58 Å². The van der Waals surface area contributed by atoms with Gasteiger partial charge in [-0.15, -0.1) is 0 Å². The Balaban J connectivity index is 1.23. The van der Waals surface area contributed by atoms with Crippen molar-refractivity contribution in [3.8, 4) is 62.5 Å². The van der Waals surface area contributed by atoms with Gasteiger partial charge in [-0.1, -0.05) is 103 Å². The number of pyridine rings is 1. The van der Waals surface area contributed by atoms with Crippen LogP contribution in [0.25, 0.3) is 78.4 Å². The Morgan fingerprint density at radius 3 is 1.67 bits per heavy atom. The van der Waals surface area contributed by atoms with Gasteiger partial charge in [-0.3, -0.25) is 4.98 Å². The van der Waals surface area contributed by atoms with E-state index in [1.165, 1.54) is 0 Å². The standard InChI is InChI=1S/C39H23N5O/c40-22-25-11-13-26(14-12-25)27-15-17-30(18-16-27)38-42-37(29-9-5-2-6-10-29)43-39(44-38)31-19-20-32-34(21-31)45-35-24-41-23-33(36(32)35)28-7-3-1-4-8-28/h1-21,23-24H. The highest BCUT2D eigenvalue weighted by atomic mass is 16.3. The molecule has 8 rings (SSSR count). The normalized spacial score (nSPS) is 11.1. The molecule has 6 heteroatoms. The predicted octanol–water partition coefficient (Wildman–Crippen LogP) is 9.37. The van der Waals surface area contributed by atoms with Crippen molar-refractivity contribution in [1.29, 1.82) is 5.26 Å². The van der Waals surface area contributed by atoms with Gasteiger partial charge < -0.3 is 4.42 Å². The van der Waals surface area contributed by atoms with Crippen LogP contribution < -0.4 is 0 Å². The van der Waals surface area contributed by atoms with Gasteiger partial charge in [0.15, 0.2) is 23.1 Å². The molecule has 0 fully saturated rings. The maximum absolute atomic E-state index is 9.13. The van der Waals surface area contributed by atoms with E-state index in [1.807, 2.05) is 115 Å². The van der Waals surface area contributed by atoms with Gasteiger partial charge in [-0.05, 0) is 41.0 Å². The fourth-order valence-corrected chi connectivity index (χ4v) is 5.60. The first kappa shape index (κ1) is 26.2. The predicted molar refractivity (Wildman–Crippen MR) is 177 cm³/mol. The highest BCUT2D eigenvalue weighted by molar-refractivity contribution is 6.12. The fraction of sp³-hybridized carbons (Fsp3) is 0. The molecule has 45 heavy (non-hydrogen) atoms. The zero-order valence-corrected chi connectivity index (χ0v) is 23.9. The number of nitriles is 1. The third-order valence-electron chi connectivity index (χ3n) is 7.88. The SMILES string of the molecule is N#Cc1ccc(-c2ccc(-c3nc(-c4ccccc4)nc(-c4ccc5c(c4)oc4cncc(-c6ccccc6)c45)n3)cc2)cc1. The molecule has 0 radical (unpaired) electrons. The molecule has 0 saturated heterocycles. The van der Waals surface area contributed by atoms with E-state index in [0.29, 0.717) is 23.0 Å². The topological polar surface area (TPSA) is 88.5 Å². The third-order valence-corrected chi connectivity index (χ3v) is 7.88. The van der Waals surface area contributed by atoms with Crippen LogP contribution in [0.3, 0.4) is 0 Å². The molecule has 0 spiro atoms. The summed E-state index contributed by atoms with van der Waals surface area (Å²) >= 11 is 0. The summed E-state index contributed by atoms with van der Waals surface area (Å²) < 4.78 is 6.32. The lowest BCUT2D eigenvalue weighted by Crippen LogP contribution is -2.00. The van der Waals surface area contributed by atoms with Crippen LogP contribution in [0, 0.1) is 11.3 Å². The van der Waals surface area contributed by atoms with Crippen LogP contribution in [0.4, 0.5) is 0 Å². The van der Waals surface area contributed by atoms with Gasteiger partial charge in [0.2, 0.25) is 0 Å². The van der Waals surface area contributed by atoms with Crippen molar-refractivity contribution >= 4 is 21.9 Å². The summed E-state index contributed by atoms with van der Waals surface area (Å²) in [6.45, 7) is 0. The summed E-state index contributed by atoms with van der Waals surface area (Å²) in [5.41, 5.74) is 8.89. The summed E-state index contributed by atoms with van der Waals surface area (Å²) in [7, 11) is 0. The summed E-state index contributed by atoms with van der Waals surface area (Å²) in [6.07, 6.45) is 3.65. The first-order chi connectivity index (χ1) is 22.2. The maximum Gasteiger partial charge on any atom is 0.164 e. The zero-order valence-electron chi connectivity index (χ0n) is 23.9. The number of nitrogens with zero attached hydrogens (tertiary/aromatic N) is 5. The van der Waals surface area contributed by atoms with Crippen molar-refractivity contribution in [2.75, 3.05) is 0 Å². The second-order valence-electron chi connectivity index (χ2n) is 10.7. The smallest absolute Gasteiger partial charge is 0.164 e. The first-order valence-corrected chi connectivity index (χ1v) is 14.5. The van der Waals surface area contributed by atoms with Gasteiger partial charge in [0.05, 0.1) is 17.8 Å². The largest absolute Gasteiger partial charge is 0.454 e. The Kier molecular flexibility index (Phi) is 6.40. The van der Waals surface area contributed by atoms with E-state index in [2.05, 4.69) is 29.3 Å². The molecular weight excluding hydrogens is 554 g/mol. The molecule has 5 aromatic carbocycles. The number of rotatable bonds is 5. The Hall–Kier alpha value is -6.45. The van der Waals surface area contributed by atoms with Crippen molar-refractivity contribution in [1.82, 2.24) is 19.9 Å². The molecule has 0 aliphatic rings. The third kappa shape index (κ3) is 4.89. The molecule has 3 aromatic heterocycles. The van der Waals surface area contributed by atoms with Crippen LogP contribution in [0.5, 0.6) is 0 Å². The van der Waals surface area contributed by atoms with Gasteiger partial charge in [-0.25, -0.2) is 15.0 Å². The molecule has 0 aliphatic heterocycles. The molecule has 6 nitrogen and oxygen atoms in total. The van der Waals surface area contributed by atoms with E-state index in [-0.39, 0.29) is 0 Å². The number of aromatic nitrogens is 4. The van der Waals surface area contributed by atoms with Crippen molar-refractivity contribution in [2.45, 2.75) is 0 Å². The molecular formula is C39H23N5O. The highest BCUT2D eigenvalue weighted by Crippen LogP contribution is 2.37. The molecule has 0 saturated carbocycles. The van der Waals surface area contributed by atoms with Crippen molar-refractivity contribution in [2.24, 2.45) is 0 Å². The van der Waals surface area contributed by atoms with E-state index >= 15 is 0 Å². The van der Waals surface area contributed by atoms with E-state index in [1.54, 1.807) is 6.20 Å². The van der Waals surface area contributed by atoms with Crippen LogP contribution in [0.1, 0.15) is 5.56 Å². The first-order valence-electron chi connectivity index (χ1n) is 14.5. The van der Waals surface area contributed by atoms with E-state index in [0.717, 1.165) is 60.9 Å². The quantitative estimate of drug-likeness (QED) is 0.202. The van der Waals surface area contributed by atoms with Crippen LogP contribution in [0.2, 0.25) is 0 Å². The lowest BCUT2D eigenvalue weighted by Gasteiger charge is -2.09. The summed E-state index contributed by atoms with van der Waals surface area (Å²) in [5.74, 6) is 1.72. The Morgan fingerprint density at radius 2 is 1.02 bits per heavy atom. The van der Waals surface area contributed by atoms with Gasteiger partial charge in [-0.2, -0.15) is 5.26 Å². The van der Waals surface area contributed by atoms with Crippen LogP contribution >= 0.6 is 0 Å². The minimum absolute atomic E-state index is 0.554. The second kappa shape index (κ2) is 11.0. The number of furan rings is 1. The Bertz CT molecular complexity index is 2360. The van der Waals surface area contributed by atoms with E-state index in [4.69, 9.17) is 24.6 Å². The zero-order chi connectivity index (χ0) is 30.2. The molecule has 210 valence electrons. The Morgan fingerprint density at radius 1 is 0.489 bits per heavy atom. The monoisotopic (exact) mass is 577 g/mol. The van der Waals surface area contributed by atoms with Crippen molar-refractivity contribution in [3.63, 3.8) is 0 Å². The summed E-state index contributed by atoms with van der Waals surface area (Å²) in [4.78, 5) is 19.2. The van der Waals surface area contributed by atoms with E-state index < -0.39 is 0 Å². The van der Waals surface area contributed by atoms with Crippen LogP contribution in [0.15, 0.2) is 144 Å². The second-order valence-corrected chi connectivity index (χ2v) is 10.7.